The molecule has 3 fully saturated rings. The van der Waals surface area contributed by atoms with E-state index in [-0.39, 0.29) is 41.0 Å². The molecule has 3 aliphatic rings. The maximum Gasteiger partial charge on any atom is 0.331 e. The lowest BCUT2D eigenvalue weighted by Gasteiger charge is -2.38. The number of hydrogen-bond donors (Lipinski definition) is 0. The molecule has 5 rings (SSSR count). The Morgan fingerprint density at radius 1 is 0.914 bits per heavy atom. The van der Waals surface area contributed by atoms with Crippen molar-refractivity contribution < 1.29 is 14.3 Å². The van der Waals surface area contributed by atoms with Gasteiger partial charge in [-0.1, -0.05) is 12.1 Å². The van der Waals surface area contributed by atoms with Gasteiger partial charge in [0.25, 0.3) is 11.5 Å². The summed E-state index contributed by atoms with van der Waals surface area (Å²) in [6.07, 6.45) is 4.58. The van der Waals surface area contributed by atoms with Crippen LogP contribution in [0, 0.1) is 11.8 Å². The molecule has 3 heterocycles. The molecule has 1 saturated carbocycles. The van der Waals surface area contributed by atoms with E-state index in [1.807, 2.05) is 21.9 Å². The number of carbonyl (C=O) groups is 2. The highest BCUT2D eigenvalue weighted by Gasteiger charge is 2.34. The van der Waals surface area contributed by atoms with Crippen molar-refractivity contribution in [2.24, 2.45) is 18.9 Å². The molecule has 0 bridgehead atoms. The summed E-state index contributed by atoms with van der Waals surface area (Å²) in [5.74, 6) is 0.408. The third-order valence-electron chi connectivity index (χ3n) is 8.00. The van der Waals surface area contributed by atoms with Crippen molar-refractivity contribution in [3.05, 3.63) is 45.1 Å². The van der Waals surface area contributed by atoms with E-state index in [1.54, 1.807) is 19.2 Å². The van der Waals surface area contributed by atoms with Crippen molar-refractivity contribution in [2.75, 3.05) is 32.8 Å². The Morgan fingerprint density at radius 2 is 1.57 bits per heavy atom. The lowest BCUT2D eigenvalue weighted by Crippen LogP contribution is -2.54. The number of aromatic nitrogens is 2. The van der Waals surface area contributed by atoms with Crippen molar-refractivity contribution in [1.29, 1.82) is 0 Å². The van der Waals surface area contributed by atoms with Crippen molar-refractivity contribution in [3.8, 4) is 0 Å². The molecule has 0 N–H and O–H groups in total. The van der Waals surface area contributed by atoms with Gasteiger partial charge in [0, 0.05) is 52.3 Å². The zero-order chi connectivity index (χ0) is 24.5. The third kappa shape index (κ3) is 4.66. The van der Waals surface area contributed by atoms with Crippen molar-refractivity contribution in [2.45, 2.75) is 51.2 Å². The lowest BCUT2D eigenvalue weighted by molar-refractivity contribution is -0.147. The summed E-state index contributed by atoms with van der Waals surface area (Å²) >= 11 is 0. The molecule has 2 amide bonds. The Bertz CT molecular complexity index is 1210. The molecule has 1 aliphatic carbocycles. The summed E-state index contributed by atoms with van der Waals surface area (Å²) in [5.41, 5.74) is 0.116. The number of hydrogen-bond acceptors (Lipinski definition) is 5. The fourth-order valence-electron chi connectivity index (χ4n) is 5.86. The maximum atomic E-state index is 13.1. The molecular weight excluding hydrogens is 448 g/mol. The van der Waals surface area contributed by atoms with Crippen LogP contribution >= 0.6 is 0 Å². The van der Waals surface area contributed by atoms with Gasteiger partial charge in [-0.15, -0.1) is 0 Å². The second-order valence-corrected chi connectivity index (χ2v) is 10.1. The van der Waals surface area contributed by atoms with Gasteiger partial charge in [0.05, 0.1) is 10.9 Å². The molecule has 188 valence electrons. The van der Waals surface area contributed by atoms with Crippen molar-refractivity contribution >= 4 is 22.7 Å². The minimum atomic E-state index is -0.306. The highest BCUT2D eigenvalue weighted by Crippen LogP contribution is 2.31. The number of ether oxygens (including phenoxy) is 1. The summed E-state index contributed by atoms with van der Waals surface area (Å²) < 4.78 is 8.42. The molecule has 35 heavy (non-hydrogen) atoms. The molecule has 1 unspecified atom stereocenters. The van der Waals surface area contributed by atoms with Gasteiger partial charge in [0.15, 0.2) is 0 Å². The number of aryl methyl sites for hydroxylation is 1. The number of rotatable bonds is 4. The summed E-state index contributed by atoms with van der Waals surface area (Å²) in [4.78, 5) is 55.2. The van der Waals surface area contributed by atoms with E-state index in [1.165, 1.54) is 9.13 Å². The third-order valence-corrected chi connectivity index (χ3v) is 8.00. The van der Waals surface area contributed by atoms with Crippen LogP contribution in [-0.2, 0) is 27.9 Å². The van der Waals surface area contributed by atoms with Crippen LogP contribution in [0.3, 0.4) is 0 Å². The predicted octanol–water partition coefficient (Wildman–Crippen LogP) is 1.36. The van der Waals surface area contributed by atoms with Crippen LogP contribution in [-0.4, -0.2) is 69.6 Å². The number of amides is 2. The summed E-state index contributed by atoms with van der Waals surface area (Å²) in [6, 6.07) is 7.19. The zero-order valence-electron chi connectivity index (χ0n) is 20.4. The van der Waals surface area contributed by atoms with Crippen LogP contribution in [0.25, 0.3) is 10.9 Å². The van der Waals surface area contributed by atoms with Gasteiger partial charge in [-0.05, 0) is 56.6 Å². The van der Waals surface area contributed by atoms with Gasteiger partial charge in [0.1, 0.15) is 6.10 Å². The lowest BCUT2D eigenvalue weighted by atomic mass is 9.81. The SMILES string of the molecule is Cn1c(=O)n(C[C@H]2CC[C@H](C(=O)N3CCN(C(=O)C4CCCO4)CC3)CC2)c(=O)c2ccccc21. The van der Waals surface area contributed by atoms with E-state index < -0.39 is 0 Å². The molecule has 1 aromatic heterocycles. The maximum absolute atomic E-state index is 13.1. The van der Waals surface area contributed by atoms with E-state index in [2.05, 4.69) is 0 Å². The fraction of sp³-hybridized carbons (Fsp3) is 0.615. The number of fused-ring (bicyclic) bond motifs is 1. The van der Waals surface area contributed by atoms with Crippen molar-refractivity contribution in [3.63, 3.8) is 0 Å². The van der Waals surface area contributed by atoms with Gasteiger partial charge in [0.2, 0.25) is 5.91 Å². The fourth-order valence-corrected chi connectivity index (χ4v) is 5.86. The van der Waals surface area contributed by atoms with Crippen LogP contribution in [0.2, 0.25) is 0 Å². The van der Waals surface area contributed by atoms with Crippen molar-refractivity contribution in [1.82, 2.24) is 18.9 Å². The van der Waals surface area contributed by atoms with Gasteiger partial charge >= 0.3 is 5.69 Å². The number of carbonyl (C=O) groups excluding carboxylic acids is 2. The molecule has 2 aromatic rings. The first-order valence-corrected chi connectivity index (χ1v) is 12.8. The second kappa shape index (κ2) is 9.97. The minimum absolute atomic E-state index is 0.0252. The zero-order valence-corrected chi connectivity index (χ0v) is 20.4. The van der Waals surface area contributed by atoms with Crippen LogP contribution in [0.4, 0.5) is 0 Å². The summed E-state index contributed by atoms with van der Waals surface area (Å²) in [7, 11) is 1.70. The molecule has 9 nitrogen and oxygen atoms in total. The molecule has 9 heteroatoms. The minimum Gasteiger partial charge on any atom is -0.368 e. The van der Waals surface area contributed by atoms with Gasteiger partial charge in [-0.2, -0.15) is 0 Å². The Morgan fingerprint density at radius 3 is 2.23 bits per heavy atom. The van der Waals surface area contributed by atoms with E-state index >= 15 is 0 Å². The Kier molecular flexibility index (Phi) is 6.77. The van der Waals surface area contributed by atoms with Gasteiger partial charge in [-0.3, -0.25) is 23.5 Å². The van der Waals surface area contributed by atoms with Crippen LogP contribution < -0.4 is 11.2 Å². The average Bonchev–Trinajstić information content (AvgIpc) is 3.45. The number of nitrogens with zero attached hydrogens (tertiary/aromatic N) is 4. The monoisotopic (exact) mass is 482 g/mol. The number of piperazine rings is 1. The molecule has 2 saturated heterocycles. The molecule has 0 radical (unpaired) electrons. The molecule has 0 spiro atoms. The average molecular weight is 483 g/mol. The van der Waals surface area contributed by atoms with Crippen LogP contribution in [0.15, 0.2) is 33.9 Å². The summed E-state index contributed by atoms with van der Waals surface area (Å²) in [6.45, 7) is 3.31. The second-order valence-electron chi connectivity index (χ2n) is 10.1. The molecule has 1 aromatic carbocycles. The Hall–Kier alpha value is -2.94. The molecule has 2 aliphatic heterocycles. The van der Waals surface area contributed by atoms with Crippen LogP contribution in [0.5, 0.6) is 0 Å². The predicted molar refractivity (Wildman–Crippen MR) is 131 cm³/mol. The summed E-state index contributed by atoms with van der Waals surface area (Å²) in [5, 5.41) is 0.551. The highest BCUT2D eigenvalue weighted by atomic mass is 16.5. The molecule has 1 atom stereocenters. The van der Waals surface area contributed by atoms with E-state index in [0.29, 0.717) is 50.2 Å². The number of para-hydroxylation sites is 1. The normalized spacial score (nSPS) is 25.2. The van der Waals surface area contributed by atoms with Gasteiger partial charge < -0.3 is 14.5 Å². The molecular formula is C26H34N4O5. The first kappa shape index (κ1) is 23.8. The first-order chi connectivity index (χ1) is 16.9. The first-order valence-electron chi connectivity index (χ1n) is 12.8. The Balaban J connectivity index is 1.16. The number of benzene rings is 1. The smallest absolute Gasteiger partial charge is 0.331 e. The van der Waals surface area contributed by atoms with E-state index in [0.717, 1.165) is 38.5 Å². The highest BCUT2D eigenvalue weighted by molar-refractivity contribution is 5.82. The van der Waals surface area contributed by atoms with Gasteiger partial charge in [-0.25, -0.2) is 4.79 Å². The standard InChI is InChI=1S/C26H34N4O5/c1-27-21-6-3-2-5-20(21)24(32)30(26(27)34)17-18-8-10-19(11-9-18)23(31)28-12-14-29(15-13-28)25(33)22-7-4-16-35-22/h2-3,5-6,18-19,22H,4,7-17H2,1H3/t18-,19-,22?. The van der Waals surface area contributed by atoms with Crippen LogP contribution in [0.1, 0.15) is 38.5 Å². The van der Waals surface area contributed by atoms with E-state index in [9.17, 15) is 19.2 Å². The largest absolute Gasteiger partial charge is 0.368 e. The Labute approximate surface area is 204 Å². The quantitative estimate of drug-likeness (QED) is 0.656. The van der Waals surface area contributed by atoms with E-state index in [4.69, 9.17) is 4.74 Å². The topological polar surface area (TPSA) is 93.9 Å².